The zero-order valence-electron chi connectivity index (χ0n) is 15.6. The molecule has 0 saturated carbocycles. The Kier molecular flexibility index (Phi) is 5.63. The first kappa shape index (κ1) is 18.6. The molecular formula is C24H22ClNO2. The van der Waals surface area contributed by atoms with Crippen molar-refractivity contribution in [3.05, 3.63) is 94.0 Å². The molecule has 0 radical (unpaired) electrons. The lowest BCUT2D eigenvalue weighted by molar-refractivity contribution is 0.102. The summed E-state index contributed by atoms with van der Waals surface area (Å²) in [5.74, 6) is 0.602. The van der Waals surface area contributed by atoms with Gasteiger partial charge in [-0.1, -0.05) is 41.9 Å². The second-order valence-electron chi connectivity index (χ2n) is 7.01. The number of amides is 1. The molecule has 0 saturated heterocycles. The number of hydrogen-bond acceptors (Lipinski definition) is 2. The van der Waals surface area contributed by atoms with Crippen molar-refractivity contribution < 1.29 is 9.53 Å². The fraction of sp³-hybridized carbons (Fsp3) is 0.208. The van der Waals surface area contributed by atoms with Crippen LogP contribution in [0.3, 0.4) is 0 Å². The van der Waals surface area contributed by atoms with E-state index in [1.54, 1.807) is 12.1 Å². The van der Waals surface area contributed by atoms with Gasteiger partial charge >= 0.3 is 0 Å². The lowest BCUT2D eigenvalue weighted by Gasteiger charge is -2.19. The highest BCUT2D eigenvalue weighted by molar-refractivity contribution is 6.31. The quantitative estimate of drug-likeness (QED) is 0.574. The first-order valence-corrected chi connectivity index (χ1v) is 9.97. The van der Waals surface area contributed by atoms with Crippen molar-refractivity contribution in [3.8, 4) is 5.75 Å². The third kappa shape index (κ3) is 4.20. The molecule has 28 heavy (non-hydrogen) atoms. The maximum Gasteiger partial charge on any atom is 0.255 e. The number of halogens is 1. The van der Waals surface area contributed by atoms with E-state index in [0.717, 1.165) is 24.1 Å². The SMILES string of the molecule is O=C(Nc1cccc2c1CCCC2)c1ccc(OCc2ccccc2Cl)cc1. The molecule has 1 aliphatic carbocycles. The van der Waals surface area contributed by atoms with Crippen molar-refractivity contribution in [2.75, 3.05) is 5.32 Å². The number of rotatable bonds is 5. The number of ether oxygens (including phenoxy) is 1. The second kappa shape index (κ2) is 8.49. The zero-order chi connectivity index (χ0) is 19.3. The Morgan fingerprint density at radius 3 is 2.54 bits per heavy atom. The molecule has 0 unspecified atom stereocenters. The Morgan fingerprint density at radius 1 is 0.929 bits per heavy atom. The van der Waals surface area contributed by atoms with E-state index >= 15 is 0 Å². The van der Waals surface area contributed by atoms with Crippen LogP contribution in [0.4, 0.5) is 5.69 Å². The van der Waals surface area contributed by atoms with Crippen molar-refractivity contribution in [2.24, 2.45) is 0 Å². The van der Waals surface area contributed by atoms with Crippen molar-refractivity contribution in [1.82, 2.24) is 0 Å². The molecule has 0 spiro atoms. The lowest BCUT2D eigenvalue weighted by Crippen LogP contribution is -2.15. The van der Waals surface area contributed by atoms with Gasteiger partial charge in [-0.3, -0.25) is 4.79 Å². The molecule has 1 amide bonds. The van der Waals surface area contributed by atoms with Gasteiger partial charge in [0, 0.05) is 21.8 Å². The summed E-state index contributed by atoms with van der Waals surface area (Å²) in [4.78, 5) is 12.7. The number of carbonyl (C=O) groups is 1. The molecule has 0 aromatic heterocycles. The van der Waals surface area contributed by atoms with Gasteiger partial charge in [0.25, 0.3) is 5.91 Å². The molecule has 0 aliphatic heterocycles. The first-order valence-electron chi connectivity index (χ1n) is 9.59. The van der Waals surface area contributed by atoms with Gasteiger partial charge in [-0.15, -0.1) is 0 Å². The third-order valence-corrected chi connectivity index (χ3v) is 5.48. The molecule has 0 heterocycles. The minimum Gasteiger partial charge on any atom is -0.489 e. The Morgan fingerprint density at radius 2 is 1.71 bits per heavy atom. The third-order valence-electron chi connectivity index (χ3n) is 5.11. The van der Waals surface area contributed by atoms with E-state index in [1.165, 1.54) is 24.0 Å². The summed E-state index contributed by atoms with van der Waals surface area (Å²) in [6.07, 6.45) is 4.52. The van der Waals surface area contributed by atoms with Crippen LogP contribution in [0.5, 0.6) is 5.75 Å². The molecule has 0 bridgehead atoms. The van der Waals surface area contributed by atoms with Crippen molar-refractivity contribution >= 4 is 23.2 Å². The van der Waals surface area contributed by atoms with Gasteiger partial charge in [0.2, 0.25) is 0 Å². The van der Waals surface area contributed by atoms with E-state index in [-0.39, 0.29) is 5.91 Å². The van der Waals surface area contributed by atoms with Crippen LogP contribution in [0, 0.1) is 0 Å². The molecule has 0 atom stereocenters. The topological polar surface area (TPSA) is 38.3 Å². The molecule has 3 aromatic carbocycles. The van der Waals surface area contributed by atoms with Gasteiger partial charge in [0.1, 0.15) is 12.4 Å². The van der Waals surface area contributed by atoms with Crippen molar-refractivity contribution in [3.63, 3.8) is 0 Å². The van der Waals surface area contributed by atoms with Gasteiger partial charge in [0.05, 0.1) is 0 Å². The standard InChI is InChI=1S/C24H22ClNO2/c25-22-10-4-2-7-19(22)16-28-20-14-12-18(13-15-20)24(27)26-23-11-5-8-17-6-1-3-9-21(17)23/h2,4-5,7-8,10-15H,1,3,6,9,16H2,(H,26,27). The smallest absolute Gasteiger partial charge is 0.255 e. The van der Waals surface area contributed by atoms with Gasteiger partial charge in [-0.25, -0.2) is 0 Å². The second-order valence-corrected chi connectivity index (χ2v) is 7.42. The van der Waals surface area contributed by atoms with Crippen LogP contribution in [-0.2, 0) is 19.4 Å². The Labute approximate surface area is 170 Å². The highest BCUT2D eigenvalue weighted by Gasteiger charge is 2.15. The summed E-state index contributed by atoms with van der Waals surface area (Å²) in [6.45, 7) is 0.390. The predicted octanol–water partition coefficient (Wildman–Crippen LogP) is 6.05. The van der Waals surface area contributed by atoms with Gasteiger partial charge < -0.3 is 10.1 Å². The largest absolute Gasteiger partial charge is 0.489 e. The van der Waals surface area contributed by atoms with Crippen LogP contribution < -0.4 is 10.1 Å². The highest BCUT2D eigenvalue weighted by Crippen LogP contribution is 2.28. The normalized spacial score (nSPS) is 12.9. The summed E-state index contributed by atoms with van der Waals surface area (Å²) < 4.78 is 5.78. The monoisotopic (exact) mass is 391 g/mol. The molecular weight excluding hydrogens is 370 g/mol. The number of carbonyl (C=O) groups excluding carboxylic acids is 1. The van der Waals surface area contributed by atoms with Crippen LogP contribution >= 0.6 is 11.6 Å². The molecule has 3 aromatic rings. The summed E-state index contributed by atoms with van der Waals surface area (Å²) in [5.41, 5.74) is 5.11. The van der Waals surface area contributed by atoms with Crippen molar-refractivity contribution in [2.45, 2.75) is 32.3 Å². The van der Waals surface area contributed by atoms with Gasteiger partial charge in [-0.05, 0) is 73.2 Å². The van der Waals surface area contributed by atoms with Crippen LogP contribution in [0.15, 0.2) is 66.7 Å². The lowest BCUT2D eigenvalue weighted by atomic mass is 9.90. The molecule has 3 nitrogen and oxygen atoms in total. The summed E-state index contributed by atoms with van der Waals surface area (Å²) in [6, 6.07) is 21.0. The van der Waals surface area contributed by atoms with E-state index in [9.17, 15) is 4.79 Å². The summed E-state index contributed by atoms with van der Waals surface area (Å²) in [7, 11) is 0. The minimum absolute atomic E-state index is 0.100. The fourth-order valence-electron chi connectivity index (χ4n) is 3.57. The number of hydrogen-bond donors (Lipinski definition) is 1. The van der Waals surface area contributed by atoms with E-state index in [1.807, 2.05) is 48.5 Å². The van der Waals surface area contributed by atoms with E-state index in [0.29, 0.717) is 22.9 Å². The average Bonchev–Trinajstić information content (AvgIpc) is 2.74. The van der Waals surface area contributed by atoms with Crippen LogP contribution in [-0.4, -0.2) is 5.91 Å². The van der Waals surface area contributed by atoms with Gasteiger partial charge in [0.15, 0.2) is 0 Å². The molecule has 1 aliphatic rings. The molecule has 4 rings (SSSR count). The number of fused-ring (bicyclic) bond motifs is 1. The Balaban J connectivity index is 1.41. The molecule has 1 N–H and O–H groups in total. The summed E-state index contributed by atoms with van der Waals surface area (Å²) >= 11 is 6.15. The van der Waals surface area contributed by atoms with Crippen LogP contribution in [0.2, 0.25) is 5.02 Å². The minimum atomic E-state index is -0.100. The molecule has 4 heteroatoms. The summed E-state index contributed by atoms with van der Waals surface area (Å²) in [5, 5.41) is 3.76. The number of benzene rings is 3. The Bertz CT molecular complexity index is 982. The maximum atomic E-state index is 12.7. The van der Waals surface area contributed by atoms with E-state index < -0.39 is 0 Å². The van der Waals surface area contributed by atoms with Crippen LogP contribution in [0.25, 0.3) is 0 Å². The van der Waals surface area contributed by atoms with Crippen molar-refractivity contribution in [1.29, 1.82) is 0 Å². The fourth-order valence-corrected chi connectivity index (χ4v) is 3.76. The zero-order valence-corrected chi connectivity index (χ0v) is 16.3. The molecule has 0 fully saturated rings. The predicted molar refractivity (Wildman–Crippen MR) is 113 cm³/mol. The Hall–Kier alpha value is -2.78. The van der Waals surface area contributed by atoms with Gasteiger partial charge in [-0.2, -0.15) is 0 Å². The average molecular weight is 392 g/mol. The van der Waals surface area contributed by atoms with E-state index in [4.69, 9.17) is 16.3 Å². The maximum absolute atomic E-state index is 12.7. The van der Waals surface area contributed by atoms with E-state index in [2.05, 4.69) is 11.4 Å². The highest BCUT2D eigenvalue weighted by atomic mass is 35.5. The number of nitrogens with one attached hydrogen (secondary N) is 1. The number of aryl methyl sites for hydroxylation is 1. The van der Waals surface area contributed by atoms with Crippen LogP contribution in [0.1, 0.15) is 39.9 Å². The first-order chi connectivity index (χ1) is 13.7. The number of anilines is 1. The molecule has 142 valence electrons.